The molecule has 5 heavy (non-hydrogen) atoms. The second kappa shape index (κ2) is 2.41. The van der Waals surface area contributed by atoms with E-state index in [-0.39, 0.29) is 5.42 Å². The van der Waals surface area contributed by atoms with Gasteiger partial charge < -0.3 is 4.79 Å². The van der Waals surface area contributed by atoms with Crippen LogP contribution < -0.4 is 0 Å². The molecule has 0 aliphatic carbocycles. The maximum Gasteiger partial charge on any atom is 0.207 e. The Bertz CT molecular complexity index is 44.9. The fourth-order valence-corrected chi connectivity index (χ4v) is 0. The second-order valence-electron chi connectivity index (χ2n) is 0.820. The normalized spacial score (nSPS) is 6.80. The lowest BCUT2D eigenvalue weighted by Gasteiger charge is -1.68. The molecule has 1 unspecified atom stereocenters. The molecule has 0 aliphatic rings. The Morgan fingerprint density at radius 2 is 2.20 bits per heavy atom. The molecule has 0 saturated carbocycles. The summed E-state index contributed by atoms with van der Waals surface area (Å²) in [6.07, 6.45) is 0. The van der Waals surface area contributed by atoms with Gasteiger partial charge in [-0.05, 0) is 0 Å². The summed E-state index contributed by atoms with van der Waals surface area (Å²) in [5, 5.41) is 0. The average Bonchev–Trinajstić information content (AvgIpc) is 1.38. The molecule has 0 aromatic carbocycles. The molecule has 0 spiro atoms. The van der Waals surface area contributed by atoms with E-state index in [4.69, 9.17) is 0 Å². The van der Waals surface area contributed by atoms with E-state index in [0.717, 1.165) is 0 Å². The van der Waals surface area contributed by atoms with Gasteiger partial charge in [-0.3, -0.25) is 0 Å². The van der Waals surface area contributed by atoms with Gasteiger partial charge in [-0.25, -0.2) is 0 Å². The van der Waals surface area contributed by atoms with Crippen LogP contribution in [0.2, 0.25) is 6.82 Å². The first-order valence-electron chi connectivity index (χ1n) is 1.55. The van der Waals surface area contributed by atoms with Crippen LogP contribution in [0.5, 0.6) is 0 Å². The molecule has 0 aliphatic heterocycles. The van der Waals surface area contributed by atoms with Crippen LogP contribution in [0.3, 0.4) is 0 Å². The third-order valence-corrected chi connectivity index (χ3v) is 0.757. The highest BCUT2D eigenvalue weighted by molar-refractivity contribution is 7.49. The Kier molecular flexibility index (Phi) is 2.48. The van der Waals surface area contributed by atoms with E-state index in [1.54, 1.807) is 0 Å². The van der Waals surface area contributed by atoms with Crippen LogP contribution in [0.25, 0.3) is 0 Å². The fraction of sp³-hybridized carbons (Fsp3) is 0.500. The van der Waals surface area contributed by atoms with Crippen LogP contribution in [0.4, 0.5) is 4.79 Å². The molecule has 0 N–H and O–H groups in total. The summed E-state index contributed by atoms with van der Waals surface area (Å²) >= 11 is 0. The van der Waals surface area contributed by atoms with Crippen molar-refractivity contribution in [3.05, 3.63) is 0 Å². The molecule has 0 heterocycles. The maximum atomic E-state index is 9.78. The van der Waals surface area contributed by atoms with E-state index in [2.05, 4.69) is 9.24 Å². The Morgan fingerprint density at radius 3 is 2.20 bits per heavy atom. The SMILES string of the molecule is CBC(=O)P. The van der Waals surface area contributed by atoms with Gasteiger partial charge in [0.1, 0.15) is 5.42 Å². The zero-order valence-electron chi connectivity index (χ0n) is 3.19. The van der Waals surface area contributed by atoms with Crippen LogP contribution in [-0.4, -0.2) is 12.7 Å². The van der Waals surface area contributed by atoms with E-state index < -0.39 is 0 Å². The van der Waals surface area contributed by atoms with E-state index in [1.807, 2.05) is 6.82 Å². The summed E-state index contributed by atoms with van der Waals surface area (Å²) in [5.74, 6) is 0. The highest BCUT2D eigenvalue weighted by Crippen LogP contribution is 1.81. The Balaban J connectivity index is 2.85. The van der Waals surface area contributed by atoms with Gasteiger partial charge in [-0.1, -0.05) is 16.1 Å². The van der Waals surface area contributed by atoms with Crippen molar-refractivity contribution in [1.82, 2.24) is 0 Å². The lowest BCUT2D eigenvalue weighted by atomic mass is 9.86. The van der Waals surface area contributed by atoms with E-state index in [0.29, 0.717) is 7.28 Å². The van der Waals surface area contributed by atoms with Crippen LogP contribution in [-0.2, 0) is 0 Å². The van der Waals surface area contributed by atoms with Gasteiger partial charge in [-0.2, -0.15) is 0 Å². The third kappa shape index (κ3) is 4.16. The van der Waals surface area contributed by atoms with E-state index in [9.17, 15) is 4.79 Å². The van der Waals surface area contributed by atoms with Crippen molar-refractivity contribution in [2.45, 2.75) is 6.82 Å². The Morgan fingerprint density at radius 1 is 2.00 bits per heavy atom. The zero-order valence-corrected chi connectivity index (χ0v) is 4.35. The van der Waals surface area contributed by atoms with Gasteiger partial charge in [0.2, 0.25) is 7.28 Å². The summed E-state index contributed by atoms with van der Waals surface area (Å²) in [4.78, 5) is 9.78. The number of carbonyl (C=O) groups excluding carboxylic acids is 1. The highest BCUT2D eigenvalue weighted by Gasteiger charge is 1.81. The quantitative estimate of drug-likeness (QED) is 0.336. The van der Waals surface area contributed by atoms with Gasteiger partial charge in [0, 0.05) is 0 Å². The van der Waals surface area contributed by atoms with Crippen molar-refractivity contribution in [3.63, 3.8) is 0 Å². The lowest BCUT2D eigenvalue weighted by Crippen LogP contribution is -1.86. The summed E-state index contributed by atoms with van der Waals surface area (Å²) in [6.45, 7) is 1.83. The summed E-state index contributed by atoms with van der Waals surface area (Å²) in [5.41, 5.74) is 0.171. The van der Waals surface area contributed by atoms with Crippen molar-refractivity contribution in [2.75, 3.05) is 0 Å². The monoisotopic (exact) mass is 88.0 g/mol. The molecule has 0 fully saturated rings. The van der Waals surface area contributed by atoms with Crippen LogP contribution >= 0.6 is 9.24 Å². The third-order valence-electron chi connectivity index (χ3n) is 0.348. The Labute approximate surface area is 34.6 Å². The molecule has 0 aromatic rings. The van der Waals surface area contributed by atoms with Crippen molar-refractivity contribution < 1.29 is 4.79 Å². The molecule has 1 nitrogen and oxygen atoms in total. The van der Waals surface area contributed by atoms with Crippen molar-refractivity contribution in [3.8, 4) is 0 Å². The average molecular weight is 87.9 g/mol. The molecule has 0 aromatic heterocycles. The van der Waals surface area contributed by atoms with E-state index >= 15 is 0 Å². The van der Waals surface area contributed by atoms with Crippen LogP contribution in [0, 0.1) is 0 Å². The highest BCUT2D eigenvalue weighted by atomic mass is 31.0. The molecule has 0 bridgehead atoms. The predicted octanol–water partition coefficient (Wildman–Crippen LogP) is 0.466. The molecule has 1 atom stereocenters. The predicted molar refractivity (Wildman–Crippen MR) is 28.1 cm³/mol. The number of rotatable bonds is 1. The number of hydrogen-bond donors (Lipinski definition) is 0. The first-order valence-corrected chi connectivity index (χ1v) is 2.13. The molecule has 0 radical (unpaired) electrons. The summed E-state index contributed by atoms with van der Waals surface area (Å²) < 4.78 is 0. The topological polar surface area (TPSA) is 17.1 Å². The second-order valence-corrected chi connectivity index (χ2v) is 1.46. The van der Waals surface area contributed by atoms with Crippen molar-refractivity contribution >= 4 is 21.9 Å². The minimum absolute atomic E-state index is 0.171. The van der Waals surface area contributed by atoms with E-state index in [1.165, 1.54) is 0 Å². The largest absolute Gasteiger partial charge is 0.307 e. The molecule has 0 rings (SSSR count). The summed E-state index contributed by atoms with van der Waals surface area (Å²) in [7, 11) is 2.72. The molecular formula is C2H6BOP. The van der Waals surface area contributed by atoms with Gasteiger partial charge in [0.15, 0.2) is 0 Å². The molecular weight excluding hydrogens is 81.8 g/mol. The minimum atomic E-state index is 0.171. The van der Waals surface area contributed by atoms with Crippen LogP contribution in [0.1, 0.15) is 0 Å². The molecule has 28 valence electrons. The molecule has 3 heteroatoms. The van der Waals surface area contributed by atoms with Crippen molar-refractivity contribution in [1.29, 1.82) is 0 Å². The van der Waals surface area contributed by atoms with Crippen LogP contribution in [0.15, 0.2) is 0 Å². The first kappa shape index (κ1) is 5.16. The minimum Gasteiger partial charge on any atom is -0.307 e. The number of carbonyl (C=O) groups is 1. The standard InChI is InChI=1S/C2H6BOP/c1-3-2(4)5/h3H,5H2,1H3. The lowest BCUT2D eigenvalue weighted by molar-refractivity contribution is 0.275. The maximum absolute atomic E-state index is 9.78. The van der Waals surface area contributed by atoms with Gasteiger partial charge in [0.05, 0.1) is 0 Å². The van der Waals surface area contributed by atoms with Gasteiger partial charge in [0.25, 0.3) is 0 Å². The Hall–Kier alpha value is 0.165. The fourth-order valence-electron chi connectivity index (χ4n) is 0. The first-order chi connectivity index (χ1) is 2.27. The molecule has 0 amide bonds. The van der Waals surface area contributed by atoms with Gasteiger partial charge in [-0.15, -0.1) is 0 Å². The molecule has 0 saturated heterocycles. The zero-order chi connectivity index (χ0) is 4.28. The van der Waals surface area contributed by atoms with Crippen molar-refractivity contribution in [2.24, 2.45) is 0 Å². The summed E-state index contributed by atoms with van der Waals surface area (Å²) in [6, 6.07) is 0. The smallest absolute Gasteiger partial charge is 0.207 e. The van der Waals surface area contributed by atoms with Gasteiger partial charge >= 0.3 is 0 Å². The number of hydrogen-bond acceptors (Lipinski definition) is 1.